The van der Waals surface area contributed by atoms with Crippen LogP contribution in [0.5, 0.6) is 0 Å². The number of rotatable bonds is 7. The van der Waals surface area contributed by atoms with E-state index in [9.17, 15) is 14.4 Å². The third-order valence-electron chi connectivity index (χ3n) is 4.87. The Hall–Kier alpha value is -4.07. The average Bonchev–Trinajstić information content (AvgIpc) is 3.23. The Labute approximate surface area is 186 Å². The molecule has 1 heterocycles. The van der Waals surface area contributed by atoms with Gasteiger partial charge in [0.15, 0.2) is 0 Å². The lowest BCUT2D eigenvalue weighted by atomic mass is 10.1. The molecule has 0 aliphatic heterocycles. The van der Waals surface area contributed by atoms with Crippen molar-refractivity contribution in [3.8, 4) is 0 Å². The highest BCUT2D eigenvalue weighted by molar-refractivity contribution is 6.04. The van der Waals surface area contributed by atoms with Crippen LogP contribution in [0.3, 0.4) is 0 Å². The van der Waals surface area contributed by atoms with Gasteiger partial charge in [-0.25, -0.2) is 4.79 Å². The van der Waals surface area contributed by atoms with Crippen LogP contribution in [-0.4, -0.2) is 28.6 Å². The zero-order valence-corrected chi connectivity index (χ0v) is 18.2. The van der Waals surface area contributed by atoms with Gasteiger partial charge < -0.3 is 15.4 Å². The number of aryl methyl sites for hydroxylation is 2. The van der Waals surface area contributed by atoms with Crippen LogP contribution in [0.1, 0.15) is 34.1 Å². The minimum atomic E-state index is -0.879. The van der Waals surface area contributed by atoms with E-state index in [0.29, 0.717) is 0 Å². The molecule has 0 saturated heterocycles. The first-order chi connectivity index (χ1) is 15.3. The Morgan fingerprint density at radius 3 is 2.31 bits per heavy atom. The Morgan fingerprint density at radius 2 is 1.62 bits per heavy atom. The molecule has 3 aromatic rings. The molecule has 0 bridgehead atoms. The molecule has 1 atom stereocenters. The fraction of sp³-hybridized carbons (Fsp3) is 0.208. The molecule has 3 N–H and O–H groups in total. The first-order valence-corrected chi connectivity index (χ1v) is 10.2. The van der Waals surface area contributed by atoms with E-state index in [-0.39, 0.29) is 18.2 Å². The molecular weight excluding hydrogens is 408 g/mol. The van der Waals surface area contributed by atoms with Gasteiger partial charge in [0.05, 0.1) is 0 Å². The molecule has 3 rings (SSSR count). The van der Waals surface area contributed by atoms with E-state index in [4.69, 9.17) is 4.74 Å². The lowest BCUT2D eigenvalue weighted by Gasteiger charge is -2.17. The van der Waals surface area contributed by atoms with Crippen molar-refractivity contribution in [1.29, 1.82) is 0 Å². The predicted octanol–water partition coefficient (Wildman–Crippen LogP) is 3.74. The third kappa shape index (κ3) is 5.75. The second-order valence-electron chi connectivity index (χ2n) is 7.39. The number of amides is 3. The highest BCUT2D eigenvalue weighted by Crippen LogP contribution is 2.20. The molecule has 32 heavy (non-hydrogen) atoms. The maximum atomic E-state index is 12.8. The zero-order valence-electron chi connectivity index (χ0n) is 18.2. The van der Waals surface area contributed by atoms with Crippen molar-refractivity contribution in [2.75, 3.05) is 10.7 Å². The number of carbonyl (C=O) groups is 3. The number of carbonyl (C=O) groups excluding carboxylic acids is 3. The van der Waals surface area contributed by atoms with Crippen molar-refractivity contribution < 1.29 is 19.1 Å². The van der Waals surface area contributed by atoms with Crippen molar-refractivity contribution in [2.24, 2.45) is 0 Å². The topological polar surface area (TPSA) is 101 Å². The minimum Gasteiger partial charge on any atom is -0.445 e. The second kappa shape index (κ2) is 10.3. The minimum absolute atomic E-state index is 0.0985. The molecular formula is C24H26N4O4. The molecule has 2 aromatic carbocycles. The van der Waals surface area contributed by atoms with Crippen molar-refractivity contribution in [2.45, 2.75) is 33.4 Å². The van der Waals surface area contributed by atoms with E-state index in [2.05, 4.69) is 16.1 Å². The molecule has 0 fully saturated rings. The number of nitrogens with zero attached hydrogens (tertiary/aromatic N) is 1. The zero-order chi connectivity index (χ0) is 23.1. The molecule has 0 aliphatic carbocycles. The van der Waals surface area contributed by atoms with Crippen molar-refractivity contribution in [3.05, 3.63) is 89.2 Å². The number of alkyl carbamates (subject to hydrolysis) is 1. The monoisotopic (exact) mass is 434 g/mol. The van der Waals surface area contributed by atoms with Crippen LogP contribution >= 0.6 is 0 Å². The molecule has 0 spiro atoms. The Bertz CT molecular complexity index is 1090. The number of aromatic nitrogens is 1. The molecule has 0 aliphatic rings. The highest BCUT2D eigenvalue weighted by Gasteiger charge is 2.19. The van der Waals surface area contributed by atoms with E-state index < -0.39 is 18.0 Å². The van der Waals surface area contributed by atoms with Gasteiger partial charge in [-0.3, -0.25) is 19.7 Å². The van der Waals surface area contributed by atoms with E-state index in [1.807, 2.05) is 62.4 Å². The SMILES string of the molecule is Cc1cccc(C)c1NC(=O)c1cccn1NC(=O)[C@H](C)NC(=O)OCc1ccccc1. The summed E-state index contributed by atoms with van der Waals surface area (Å²) in [6, 6.07) is 17.3. The summed E-state index contributed by atoms with van der Waals surface area (Å²) in [4.78, 5) is 37.3. The van der Waals surface area contributed by atoms with Crippen LogP contribution < -0.4 is 16.1 Å². The fourth-order valence-corrected chi connectivity index (χ4v) is 3.08. The smallest absolute Gasteiger partial charge is 0.408 e. The number of benzene rings is 2. The van der Waals surface area contributed by atoms with Crippen LogP contribution in [0, 0.1) is 13.8 Å². The molecule has 8 nitrogen and oxygen atoms in total. The van der Waals surface area contributed by atoms with Crippen LogP contribution in [-0.2, 0) is 16.1 Å². The van der Waals surface area contributed by atoms with Crippen molar-refractivity contribution in [3.63, 3.8) is 0 Å². The van der Waals surface area contributed by atoms with E-state index in [1.165, 1.54) is 11.6 Å². The van der Waals surface area contributed by atoms with Gasteiger partial charge in [0.2, 0.25) is 0 Å². The lowest BCUT2D eigenvalue weighted by molar-refractivity contribution is -0.118. The van der Waals surface area contributed by atoms with Crippen LogP contribution in [0.15, 0.2) is 66.9 Å². The van der Waals surface area contributed by atoms with Crippen molar-refractivity contribution >= 4 is 23.6 Å². The second-order valence-corrected chi connectivity index (χ2v) is 7.39. The largest absolute Gasteiger partial charge is 0.445 e. The van der Waals surface area contributed by atoms with Gasteiger partial charge in [-0.15, -0.1) is 0 Å². The summed E-state index contributed by atoms with van der Waals surface area (Å²) in [6.07, 6.45) is 0.842. The van der Waals surface area contributed by atoms with Crippen LogP contribution in [0.2, 0.25) is 0 Å². The summed E-state index contributed by atoms with van der Waals surface area (Å²) in [5.41, 5.74) is 6.31. The number of ether oxygens (including phenoxy) is 1. The van der Waals surface area contributed by atoms with Gasteiger partial charge in [-0.1, -0.05) is 48.5 Å². The first-order valence-electron chi connectivity index (χ1n) is 10.2. The summed E-state index contributed by atoms with van der Waals surface area (Å²) in [7, 11) is 0. The van der Waals surface area contributed by atoms with Crippen molar-refractivity contribution in [1.82, 2.24) is 9.99 Å². The number of nitrogens with one attached hydrogen (secondary N) is 3. The van der Waals surface area contributed by atoms with Crippen LogP contribution in [0.25, 0.3) is 0 Å². The maximum Gasteiger partial charge on any atom is 0.408 e. The average molecular weight is 434 g/mol. The molecule has 0 radical (unpaired) electrons. The quantitative estimate of drug-likeness (QED) is 0.527. The normalized spacial score (nSPS) is 11.3. The van der Waals surface area contributed by atoms with Gasteiger partial charge in [0, 0.05) is 11.9 Å². The van der Waals surface area contributed by atoms with E-state index >= 15 is 0 Å². The maximum absolute atomic E-state index is 12.8. The van der Waals surface area contributed by atoms with Gasteiger partial charge >= 0.3 is 6.09 Å². The van der Waals surface area contributed by atoms with Crippen LogP contribution in [0.4, 0.5) is 10.5 Å². The van der Waals surface area contributed by atoms with Gasteiger partial charge in [0.1, 0.15) is 18.3 Å². The van der Waals surface area contributed by atoms with Gasteiger partial charge in [-0.05, 0) is 49.6 Å². The Kier molecular flexibility index (Phi) is 7.28. The number of hydrogen-bond donors (Lipinski definition) is 3. The number of para-hydroxylation sites is 1. The summed E-state index contributed by atoms with van der Waals surface area (Å²) >= 11 is 0. The van der Waals surface area contributed by atoms with Gasteiger partial charge in [0.25, 0.3) is 11.8 Å². The summed E-state index contributed by atoms with van der Waals surface area (Å²) in [6.45, 7) is 5.45. The fourth-order valence-electron chi connectivity index (χ4n) is 3.08. The Balaban J connectivity index is 1.57. The standard InChI is InChI=1S/C24H26N4O4/c1-16-9-7-10-17(2)21(16)26-23(30)20-13-8-14-28(20)27-22(29)18(3)25-24(31)32-15-19-11-5-4-6-12-19/h4-14,18H,15H2,1-3H3,(H,25,31)(H,26,30)(H,27,29)/t18-/m0/s1. The highest BCUT2D eigenvalue weighted by atomic mass is 16.5. The summed E-state index contributed by atoms with van der Waals surface area (Å²) in [5.74, 6) is -0.866. The lowest BCUT2D eigenvalue weighted by Crippen LogP contribution is -2.44. The molecule has 3 amide bonds. The summed E-state index contributed by atoms with van der Waals surface area (Å²) < 4.78 is 6.45. The molecule has 1 aromatic heterocycles. The van der Waals surface area contributed by atoms with E-state index in [0.717, 1.165) is 22.4 Å². The third-order valence-corrected chi connectivity index (χ3v) is 4.87. The summed E-state index contributed by atoms with van der Waals surface area (Å²) in [5, 5.41) is 5.37. The predicted molar refractivity (Wildman–Crippen MR) is 122 cm³/mol. The first kappa shape index (κ1) is 22.6. The number of hydrogen-bond acceptors (Lipinski definition) is 4. The molecule has 0 saturated carbocycles. The molecule has 166 valence electrons. The number of anilines is 1. The van der Waals surface area contributed by atoms with Gasteiger partial charge in [-0.2, -0.15) is 0 Å². The Morgan fingerprint density at radius 1 is 0.938 bits per heavy atom. The van der Waals surface area contributed by atoms with E-state index in [1.54, 1.807) is 18.3 Å². The molecule has 8 heteroatoms. The molecule has 0 unspecified atom stereocenters.